The molecule has 0 aliphatic rings. The predicted octanol–water partition coefficient (Wildman–Crippen LogP) is 2.96. The Morgan fingerprint density at radius 2 is 2.04 bits per heavy atom. The molecule has 9 heteroatoms. The third-order valence-electron chi connectivity index (χ3n) is 3.59. The summed E-state index contributed by atoms with van der Waals surface area (Å²) < 4.78 is 5.22. The van der Waals surface area contributed by atoms with Crippen LogP contribution in [0.2, 0.25) is 0 Å². The summed E-state index contributed by atoms with van der Waals surface area (Å²) >= 11 is 3.27. The van der Waals surface area contributed by atoms with Gasteiger partial charge in [0, 0.05) is 30.6 Å². The number of nitrogens with zero attached hydrogens (tertiary/aromatic N) is 2. The number of hydrogen-bond acceptors (Lipinski definition) is 6. The minimum atomic E-state index is -1.06. The van der Waals surface area contributed by atoms with Crippen molar-refractivity contribution in [3.05, 3.63) is 32.8 Å². The summed E-state index contributed by atoms with van der Waals surface area (Å²) in [6.07, 6.45) is 0.696. The second kappa shape index (κ2) is 8.80. The average Bonchev–Trinajstić information content (AvgIpc) is 2.53. The van der Waals surface area contributed by atoms with E-state index >= 15 is 0 Å². The molecule has 25 heavy (non-hydrogen) atoms. The molecule has 8 nitrogen and oxygen atoms in total. The first-order valence-electron chi connectivity index (χ1n) is 7.63. The molecule has 0 fully saturated rings. The van der Waals surface area contributed by atoms with Crippen molar-refractivity contribution in [3.8, 4) is 0 Å². The van der Waals surface area contributed by atoms with Gasteiger partial charge in [-0.3, -0.25) is 19.7 Å². The first kappa shape index (κ1) is 20.9. The summed E-state index contributed by atoms with van der Waals surface area (Å²) in [6, 6.07) is 4.49. The highest BCUT2D eigenvalue weighted by atomic mass is 79.9. The van der Waals surface area contributed by atoms with Crippen LogP contribution < -0.4 is 5.32 Å². The molecule has 1 amide bonds. The van der Waals surface area contributed by atoms with Crippen molar-refractivity contribution in [2.24, 2.45) is 0 Å². The van der Waals surface area contributed by atoms with Gasteiger partial charge in [0.15, 0.2) is 0 Å². The number of esters is 1. The molecule has 0 bridgehead atoms. The van der Waals surface area contributed by atoms with Crippen LogP contribution in [0.1, 0.15) is 26.7 Å². The van der Waals surface area contributed by atoms with Gasteiger partial charge in [-0.1, -0.05) is 15.9 Å². The first-order chi connectivity index (χ1) is 11.6. The number of ether oxygens (including phenoxy) is 1. The normalized spacial score (nSPS) is 10.9. The van der Waals surface area contributed by atoms with Crippen molar-refractivity contribution in [2.45, 2.75) is 32.2 Å². The monoisotopic (exact) mass is 415 g/mol. The number of benzene rings is 1. The van der Waals surface area contributed by atoms with Crippen molar-refractivity contribution >= 4 is 39.2 Å². The van der Waals surface area contributed by atoms with Crippen LogP contribution in [0.25, 0.3) is 0 Å². The lowest BCUT2D eigenvalue weighted by Crippen LogP contribution is -2.49. The molecule has 0 saturated heterocycles. The molecule has 0 radical (unpaired) electrons. The highest BCUT2D eigenvalue weighted by Crippen LogP contribution is 2.30. The van der Waals surface area contributed by atoms with Gasteiger partial charge < -0.3 is 15.0 Å². The Hall–Kier alpha value is -2.16. The molecule has 1 aromatic rings. The van der Waals surface area contributed by atoms with Crippen molar-refractivity contribution < 1.29 is 19.2 Å². The minimum Gasteiger partial charge on any atom is -0.469 e. The van der Waals surface area contributed by atoms with Crippen molar-refractivity contribution in [3.63, 3.8) is 0 Å². The molecule has 0 saturated carbocycles. The van der Waals surface area contributed by atoms with E-state index in [0.29, 0.717) is 17.4 Å². The number of carbonyl (C=O) groups is 2. The summed E-state index contributed by atoms with van der Waals surface area (Å²) in [5.74, 6) is -0.574. The van der Waals surface area contributed by atoms with E-state index in [4.69, 9.17) is 0 Å². The molecule has 0 unspecified atom stereocenters. The maximum atomic E-state index is 12.6. The zero-order valence-electron chi connectivity index (χ0n) is 14.7. The quantitative estimate of drug-likeness (QED) is 0.397. The van der Waals surface area contributed by atoms with Gasteiger partial charge in [-0.2, -0.15) is 0 Å². The number of nitrogens with one attached hydrogen (secondary N) is 1. The topological polar surface area (TPSA) is 102 Å². The Labute approximate surface area is 154 Å². The molecule has 1 aromatic carbocycles. The van der Waals surface area contributed by atoms with Gasteiger partial charge in [0.25, 0.3) is 5.69 Å². The molecule has 0 spiro atoms. The zero-order valence-corrected chi connectivity index (χ0v) is 16.3. The fraction of sp³-hybridized carbons (Fsp3) is 0.500. The van der Waals surface area contributed by atoms with Crippen LogP contribution in [0.15, 0.2) is 22.7 Å². The van der Waals surface area contributed by atoms with Crippen LogP contribution in [0, 0.1) is 10.1 Å². The van der Waals surface area contributed by atoms with Crippen LogP contribution >= 0.6 is 15.9 Å². The number of nitro groups is 1. The number of likely N-dealkylation sites (N-methyl/N-ethyl adjacent to an activating group) is 1. The molecule has 138 valence electrons. The first-order valence-corrected chi connectivity index (χ1v) is 8.42. The molecule has 0 atom stereocenters. The van der Waals surface area contributed by atoms with Gasteiger partial charge in [-0.25, -0.2) is 0 Å². The Balaban J connectivity index is 2.83. The molecule has 1 N–H and O–H groups in total. The average molecular weight is 416 g/mol. The Kier molecular flexibility index (Phi) is 7.35. The summed E-state index contributed by atoms with van der Waals surface area (Å²) in [5, 5.41) is 14.1. The van der Waals surface area contributed by atoms with Crippen LogP contribution in [0.4, 0.5) is 11.4 Å². The Morgan fingerprint density at radius 3 is 2.60 bits per heavy atom. The summed E-state index contributed by atoms with van der Waals surface area (Å²) in [4.78, 5) is 35.9. The third kappa shape index (κ3) is 6.00. The maximum Gasteiger partial charge on any atom is 0.305 e. The Bertz CT molecular complexity index is 663. The second-order valence-corrected chi connectivity index (χ2v) is 6.99. The minimum absolute atomic E-state index is 0.114. The second-order valence-electron chi connectivity index (χ2n) is 6.07. The van der Waals surface area contributed by atoms with E-state index in [0.717, 1.165) is 0 Å². The van der Waals surface area contributed by atoms with Gasteiger partial charge in [-0.15, -0.1) is 0 Å². The van der Waals surface area contributed by atoms with Gasteiger partial charge in [0.2, 0.25) is 5.91 Å². The lowest BCUT2D eigenvalue weighted by atomic mass is 10.0. The van der Waals surface area contributed by atoms with Gasteiger partial charge in [0.05, 0.1) is 12.0 Å². The summed E-state index contributed by atoms with van der Waals surface area (Å²) in [7, 11) is 2.94. The fourth-order valence-corrected chi connectivity index (χ4v) is 2.66. The van der Waals surface area contributed by atoms with Crippen molar-refractivity contribution in [1.29, 1.82) is 0 Å². The van der Waals surface area contributed by atoms with E-state index in [2.05, 4.69) is 26.0 Å². The van der Waals surface area contributed by atoms with Gasteiger partial charge >= 0.3 is 5.97 Å². The number of carbonyl (C=O) groups excluding carboxylic acids is 2. The molecular weight excluding hydrogens is 394 g/mol. The molecular formula is C16H22BrN3O5. The number of hydrogen-bond donors (Lipinski definition) is 1. The van der Waals surface area contributed by atoms with E-state index in [1.165, 1.54) is 18.1 Å². The highest BCUT2D eigenvalue weighted by Gasteiger charge is 2.32. The molecule has 0 aliphatic carbocycles. The number of anilines is 1. The molecule has 0 heterocycles. The number of methoxy groups -OCH3 is 1. The van der Waals surface area contributed by atoms with Crippen molar-refractivity contribution in [2.75, 3.05) is 26.0 Å². The number of rotatable bonds is 8. The third-order valence-corrected chi connectivity index (χ3v) is 4.08. The van der Waals surface area contributed by atoms with E-state index in [1.54, 1.807) is 33.0 Å². The number of amides is 1. The summed E-state index contributed by atoms with van der Waals surface area (Å²) in [6.45, 7) is 3.67. The lowest BCUT2D eigenvalue weighted by molar-refractivity contribution is -0.384. The van der Waals surface area contributed by atoms with Crippen LogP contribution in [0.5, 0.6) is 0 Å². The number of nitro benzene ring substituents is 1. The highest BCUT2D eigenvalue weighted by molar-refractivity contribution is 9.10. The molecule has 0 aromatic heterocycles. The van der Waals surface area contributed by atoms with Crippen molar-refractivity contribution in [1.82, 2.24) is 4.90 Å². The van der Waals surface area contributed by atoms with E-state index in [-0.39, 0.29) is 29.7 Å². The fourth-order valence-electron chi connectivity index (χ4n) is 2.30. The SMILES string of the molecule is COC(=O)CCCN(C)C(=O)C(C)(C)Nc1cc(Br)ccc1[N+](=O)[O-]. The van der Waals surface area contributed by atoms with Crippen LogP contribution in [-0.2, 0) is 14.3 Å². The summed E-state index contributed by atoms with van der Waals surface area (Å²) in [5.41, 5.74) is -0.927. The van der Waals surface area contributed by atoms with Crippen LogP contribution in [0.3, 0.4) is 0 Å². The maximum absolute atomic E-state index is 12.6. The molecule has 1 rings (SSSR count). The zero-order chi connectivity index (χ0) is 19.2. The largest absolute Gasteiger partial charge is 0.469 e. The van der Waals surface area contributed by atoms with E-state index in [1.807, 2.05) is 0 Å². The molecule has 0 aliphatic heterocycles. The number of halogens is 1. The smallest absolute Gasteiger partial charge is 0.305 e. The lowest BCUT2D eigenvalue weighted by Gasteiger charge is -2.31. The Morgan fingerprint density at radius 1 is 1.40 bits per heavy atom. The predicted molar refractivity (Wildman–Crippen MR) is 97.4 cm³/mol. The van der Waals surface area contributed by atoms with Crippen LogP contribution in [-0.4, -0.2) is 47.9 Å². The standard InChI is InChI=1S/C16H22BrN3O5/c1-16(2,15(22)19(3)9-5-6-14(21)25-4)18-12-10-11(17)7-8-13(12)20(23)24/h7-8,10,18H,5-6,9H2,1-4H3. The van der Waals surface area contributed by atoms with E-state index < -0.39 is 10.5 Å². The van der Waals surface area contributed by atoms with E-state index in [9.17, 15) is 19.7 Å². The van der Waals surface area contributed by atoms with Gasteiger partial charge in [-0.05, 0) is 32.4 Å². The van der Waals surface area contributed by atoms with Gasteiger partial charge in [0.1, 0.15) is 11.2 Å².